The van der Waals surface area contributed by atoms with Crippen molar-refractivity contribution in [2.24, 2.45) is 0 Å². The standard InChI is InChI=1S/C14H12BrN3O/c1-16-13(10-6-17-8-18-7-10)12-5-9-3-2-4-11(15)14(9)19-12/h2-8,13,16H,1H3. The highest BCUT2D eigenvalue weighted by Crippen LogP contribution is 2.31. The smallest absolute Gasteiger partial charge is 0.148 e. The molecule has 2 aromatic heterocycles. The maximum atomic E-state index is 5.94. The van der Waals surface area contributed by atoms with E-state index in [9.17, 15) is 0 Å². The molecule has 0 saturated heterocycles. The first-order valence-corrected chi connectivity index (χ1v) is 6.69. The molecule has 1 aromatic carbocycles. The Hall–Kier alpha value is -1.72. The lowest BCUT2D eigenvalue weighted by Gasteiger charge is -2.12. The minimum absolute atomic E-state index is 0.0551. The van der Waals surface area contributed by atoms with Crippen molar-refractivity contribution in [1.29, 1.82) is 0 Å². The van der Waals surface area contributed by atoms with Crippen molar-refractivity contribution < 1.29 is 4.42 Å². The van der Waals surface area contributed by atoms with Crippen molar-refractivity contribution in [3.8, 4) is 0 Å². The van der Waals surface area contributed by atoms with Gasteiger partial charge in [0.25, 0.3) is 0 Å². The van der Waals surface area contributed by atoms with Crippen LogP contribution in [0, 0.1) is 0 Å². The summed E-state index contributed by atoms with van der Waals surface area (Å²) in [5.74, 6) is 0.846. The van der Waals surface area contributed by atoms with E-state index in [1.165, 1.54) is 6.33 Å². The van der Waals surface area contributed by atoms with Gasteiger partial charge in [-0.15, -0.1) is 0 Å². The highest BCUT2D eigenvalue weighted by Gasteiger charge is 2.18. The van der Waals surface area contributed by atoms with E-state index in [2.05, 4.69) is 31.2 Å². The van der Waals surface area contributed by atoms with E-state index in [1.54, 1.807) is 12.4 Å². The number of para-hydroxylation sites is 1. The second kappa shape index (κ2) is 5.11. The molecular weight excluding hydrogens is 306 g/mol. The summed E-state index contributed by atoms with van der Waals surface area (Å²) in [5, 5.41) is 4.30. The van der Waals surface area contributed by atoms with Crippen molar-refractivity contribution >= 4 is 26.9 Å². The van der Waals surface area contributed by atoms with Crippen LogP contribution in [0.3, 0.4) is 0 Å². The summed E-state index contributed by atoms with van der Waals surface area (Å²) in [6.45, 7) is 0. The third kappa shape index (κ3) is 2.27. The average Bonchev–Trinajstić information content (AvgIpc) is 2.86. The number of nitrogens with zero attached hydrogens (tertiary/aromatic N) is 2. The van der Waals surface area contributed by atoms with Crippen LogP contribution in [0.1, 0.15) is 17.4 Å². The highest BCUT2D eigenvalue weighted by atomic mass is 79.9. The van der Waals surface area contributed by atoms with Gasteiger partial charge in [-0.2, -0.15) is 0 Å². The summed E-state index contributed by atoms with van der Waals surface area (Å²) >= 11 is 3.50. The number of nitrogens with one attached hydrogen (secondary N) is 1. The lowest BCUT2D eigenvalue weighted by atomic mass is 10.1. The highest BCUT2D eigenvalue weighted by molar-refractivity contribution is 9.10. The number of rotatable bonds is 3. The second-order valence-corrected chi connectivity index (χ2v) is 5.05. The molecule has 5 heteroatoms. The normalized spacial score (nSPS) is 12.7. The molecule has 0 saturated carbocycles. The zero-order chi connectivity index (χ0) is 13.2. The zero-order valence-electron chi connectivity index (χ0n) is 10.3. The number of halogens is 1. The van der Waals surface area contributed by atoms with E-state index in [4.69, 9.17) is 4.42 Å². The van der Waals surface area contributed by atoms with Crippen LogP contribution in [-0.4, -0.2) is 17.0 Å². The summed E-state index contributed by atoms with van der Waals surface area (Å²) in [6, 6.07) is 7.97. The minimum atomic E-state index is -0.0551. The third-order valence-corrected chi connectivity index (χ3v) is 3.63. The van der Waals surface area contributed by atoms with Gasteiger partial charge in [0.05, 0.1) is 10.5 Å². The van der Waals surface area contributed by atoms with Crippen LogP contribution in [0.2, 0.25) is 0 Å². The topological polar surface area (TPSA) is 51.0 Å². The largest absolute Gasteiger partial charge is 0.458 e. The van der Waals surface area contributed by atoms with Gasteiger partial charge in [0.15, 0.2) is 0 Å². The van der Waals surface area contributed by atoms with E-state index in [0.29, 0.717) is 0 Å². The fourth-order valence-electron chi connectivity index (χ4n) is 2.12. The molecule has 3 rings (SSSR count). The van der Waals surface area contributed by atoms with E-state index >= 15 is 0 Å². The number of hydrogen-bond acceptors (Lipinski definition) is 4. The minimum Gasteiger partial charge on any atom is -0.458 e. The Balaban J connectivity index is 2.09. The van der Waals surface area contributed by atoms with Crippen LogP contribution >= 0.6 is 15.9 Å². The van der Waals surface area contributed by atoms with Gasteiger partial charge in [0, 0.05) is 23.3 Å². The molecule has 1 atom stereocenters. The number of furan rings is 1. The molecule has 96 valence electrons. The molecule has 0 aliphatic heterocycles. The second-order valence-electron chi connectivity index (χ2n) is 4.20. The summed E-state index contributed by atoms with van der Waals surface area (Å²) in [6.07, 6.45) is 5.10. The fourth-order valence-corrected chi connectivity index (χ4v) is 2.59. The zero-order valence-corrected chi connectivity index (χ0v) is 11.9. The first kappa shape index (κ1) is 12.3. The molecule has 2 heterocycles. The van der Waals surface area contributed by atoms with Crippen LogP contribution in [0.15, 0.2) is 51.9 Å². The molecular formula is C14H12BrN3O. The monoisotopic (exact) mass is 317 g/mol. The molecule has 3 aromatic rings. The first-order chi connectivity index (χ1) is 9.29. The Labute approximate surface area is 119 Å². The SMILES string of the molecule is CNC(c1cncnc1)c1cc2cccc(Br)c2o1. The lowest BCUT2D eigenvalue weighted by Crippen LogP contribution is -2.17. The Kier molecular flexibility index (Phi) is 3.31. The van der Waals surface area contributed by atoms with Gasteiger partial charge in [0.1, 0.15) is 17.7 Å². The summed E-state index contributed by atoms with van der Waals surface area (Å²) < 4.78 is 6.90. The van der Waals surface area contributed by atoms with Crippen LogP contribution in [0.5, 0.6) is 0 Å². The van der Waals surface area contributed by atoms with Crippen LogP contribution in [-0.2, 0) is 0 Å². The van der Waals surface area contributed by atoms with Gasteiger partial charge >= 0.3 is 0 Å². The van der Waals surface area contributed by atoms with Gasteiger partial charge in [0.2, 0.25) is 0 Å². The maximum absolute atomic E-state index is 5.94. The van der Waals surface area contributed by atoms with Gasteiger partial charge in [-0.05, 0) is 35.1 Å². The number of benzene rings is 1. The van der Waals surface area contributed by atoms with Gasteiger partial charge in [-0.25, -0.2) is 9.97 Å². The Morgan fingerprint density at radius 2 is 2.05 bits per heavy atom. The first-order valence-electron chi connectivity index (χ1n) is 5.89. The summed E-state index contributed by atoms with van der Waals surface area (Å²) in [4.78, 5) is 8.10. The molecule has 0 fully saturated rings. The number of aromatic nitrogens is 2. The van der Waals surface area contributed by atoms with Gasteiger partial charge in [-0.1, -0.05) is 12.1 Å². The predicted octanol–water partition coefficient (Wildman–Crippen LogP) is 3.29. The van der Waals surface area contributed by atoms with Crippen molar-refractivity contribution in [3.05, 3.63) is 58.8 Å². The molecule has 0 aliphatic rings. The molecule has 19 heavy (non-hydrogen) atoms. The molecule has 0 bridgehead atoms. The van der Waals surface area contributed by atoms with Gasteiger partial charge < -0.3 is 9.73 Å². The maximum Gasteiger partial charge on any atom is 0.148 e. The molecule has 1 N–H and O–H groups in total. The summed E-state index contributed by atoms with van der Waals surface area (Å²) in [5.41, 5.74) is 1.83. The Bertz CT molecular complexity index is 696. The van der Waals surface area contributed by atoms with Crippen molar-refractivity contribution in [2.75, 3.05) is 7.05 Å². The van der Waals surface area contributed by atoms with Crippen molar-refractivity contribution in [1.82, 2.24) is 15.3 Å². The van der Waals surface area contributed by atoms with E-state index in [0.717, 1.165) is 26.8 Å². The van der Waals surface area contributed by atoms with Crippen LogP contribution < -0.4 is 5.32 Å². The van der Waals surface area contributed by atoms with E-state index in [1.807, 2.05) is 31.3 Å². The quantitative estimate of drug-likeness (QED) is 0.805. The average molecular weight is 318 g/mol. The van der Waals surface area contributed by atoms with Gasteiger partial charge in [-0.3, -0.25) is 0 Å². The number of fused-ring (bicyclic) bond motifs is 1. The fraction of sp³-hybridized carbons (Fsp3) is 0.143. The molecule has 0 radical (unpaired) electrons. The predicted molar refractivity (Wildman–Crippen MR) is 76.8 cm³/mol. The molecule has 0 amide bonds. The summed E-state index contributed by atoms with van der Waals surface area (Å²) in [7, 11) is 1.89. The molecule has 0 spiro atoms. The Morgan fingerprint density at radius 3 is 2.74 bits per heavy atom. The molecule has 0 aliphatic carbocycles. The van der Waals surface area contributed by atoms with Crippen LogP contribution in [0.25, 0.3) is 11.0 Å². The van der Waals surface area contributed by atoms with E-state index < -0.39 is 0 Å². The Morgan fingerprint density at radius 1 is 1.26 bits per heavy atom. The van der Waals surface area contributed by atoms with Crippen molar-refractivity contribution in [2.45, 2.75) is 6.04 Å². The molecule has 1 unspecified atom stereocenters. The van der Waals surface area contributed by atoms with E-state index in [-0.39, 0.29) is 6.04 Å². The lowest BCUT2D eigenvalue weighted by molar-refractivity contribution is 0.489. The molecule has 4 nitrogen and oxygen atoms in total. The number of hydrogen-bond donors (Lipinski definition) is 1. The van der Waals surface area contributed by atoms with Crippen LogP contribution in [0.4, 0.5) is 0 Å². The van der Waals surface area contributed by atoms with Crippen molar-refractivity contribution in [3.63, 3.8) is 0 Å². The third-order valence-electron chi connectivity index (χ3n) is 3.00.